The highest BCUT2D eigenvalue weighted by atomic mass is 15.2. The van der Waals surface area contributed by atoms with E-state index in [1.807, 2.05) is 0 Å². The molecule has 0 amide bonds. The molecule has 0 unspecified atom stereocenters. The molecule has 0 spiro atoms. The van der Waals surface area contributed by atoms with E-state index in [2.05, 4.69) is 97.3 Å². The van der Waals surface area contributed by atoms with Crippen LogP contribution in [0, 0.1) is 0 Å². The van der Waals surface area contributed by atoms with Crippen LogP contribution in [0.2, 0.25) is 0 Å². The van der Waals surface area contributed by atoms with Gasteiger partial charge in [-0.3, -0.25) is 4.40 Å². The SMILES string of the molecule is CC(C)(C)Nc1c(-c2cc3ccc2CCc2ccc(cc2)CC3)nc2ccccn12. The van der Waals surface area contributed by atoms with Crippen molar-refractivity contribution >= 4 is 11.5 Å². The van der Waals surface area contributed by atoms with E-state index in [0.29, 0.717) is 0 Å². The number of pyridine rings is 1. The van der Waals surface area contributed by atoms with Gasteiger partial charge in [0.05, 0.1) is 0 Å². The van der Waals surface area contributed by atoms with E-state index in [9.17, 15) is 0 Å². The highest BCUT2D eigenvalue weighted by molar-refractivity contribution is 5.79. The normalized spacial score (nSPS) is 14.0. The molecule has 30 heavy (non-hydrogen) atoms. The summed E-state index contributed by atoms with van der Waals surface area (Å²) in [5, 5.41) is 3.72. The second-order valence-corrected chi connectivity index (χ2v) is 9.42. The van der Waals surface area contributed by atoms with Crippen molar-refractivity contribution in [1.29, 1.82) is 0 Å². The number of nitrogens with zero attached hydrogens (tertiary/aromatic N) is 2. The van der Waals surface area contributed by atoms with Gasteiger partial charge in [-0.2, -0.15) is 0 Å². The average molecular weight is 396 g/mol. The Morgan fingerprint density at radius 1 is 0.800 bits per heavy atom. The molecular weight excluding hydrogens is 366 g/mol. The van der Waals surface area contributed by atoms with Crippen LogP contribution in [0.5, 0.6) is 0 Å². The summed E-state index contributed by atoms with van der Waals surface area (Å²) in [5.41, 5.74) is 8.79. The molecule has 4 aliphatic rings. The van der Waals surface area contributed by atoms with Gasteiger partial charge in [-0.05, 0) is 86.9 Å². The van der Waals surface area contributed by atoms with Crippen molar-refractivity contribution in [2.24, 2.45) is 0 Å². The van der Waals surface area contributed by atoms with Gasteiger partial charge in [0.1, 0.15) is 17.2 Å². The van der Waals surface area contributed by atoms with Crippen molar-refractivity contribution in [2.45, 2.75) is 52.0 Å². The zero-order valence-corrected chi connectivity index (χ0v) is 18.1. The summed E-state index contributed by atoms with van der Waals surface area (Å²) >= 11 is 0. The average Bonchev–Trinajstić information content (AvgIpc) is 3.07. The maximum atomic E-state index is 5.08. The molecule has 8 rings (SSSR count). The molecule has 4 aliphatic carbocycles. The minimum absolute atomic E-state index is 0.0552. The number of fused-ring (bicyclic) bond motifs is 1. The van der Waals surface area contributed by atoms with Crippen LogP contribution in [0.4, 0.5) is 5.82 Å². The molecule has 0 atom stereocenters. The minimum atomic E-state index is -0.0552. The molecule has 4 bridgehead atoms. The van der Waals surface area contributed by atoms with E-state index < -0.39 is 0 Å². The van der Waals surface area contributed by atoms with Crippen LogP contribution in [-0.4, -0.2) is 14.9 Å². The molecule has 3 nitrogen and oxygen atoms in total. The van der Waals surface area contributed by atoms with Gasteiger partial charge in [0.25, 0.3) is 0 Å². The van der Waals surface area contributed by atoms with Crippen LogP contribution in [0.3, 0.4) is 0 Å². The summed E-state index contributed by atoms with van der Waals surface area (Å²) in [6.45, 7) is 6.60. The molecule has 0 radical (unpaired) electrons. The van der Waals surface area contributed by atoms with Crippen LogP contribution in [0.15, 0.2) is 66.9 Å². The van der Waals surface area contributed by atoms with E-state index in [-0.39, 0.29) is 5.54 Å². The van der Waals surface area contributed by atoms with E-state index in [1.165, 1.54) is 27.8 Å². The number of rotatable bonds is 2. The molecule has 0 aliphatic heterocycles. The predicted molar refractivity (Wildman–Crippen MR) is 125 cm³/mol. The van der Waals surface area contributed by atoms with Crippen LogP contribution < -0.4 is 5.32 Å². The Bertz CT molecular complexity index is 1190. The Balaban J connectivity index is 1.67. The molecule has 3 heteroatoms. The van der Waals surface area contributed by atoms with Crippen molar-refractivity contribution in [2.75, 3.05) is 5.32 Å². The number of nitrogens with one attached hydrogen (secondary N) is 1. The zero-order chi connectivity index (χ0) is 20.7. The van der Waals surface area contributed by atoms with Crippen LogP contribution in [0.1, 0.15) is 43.0 Å². The molecule has 0 saturated carbocycles. The van der Waals surface area contributed by atoms with Crippen LogP contribution in [0.25, 0.3) is 16.9 Å². The van der Waals surface area contributed by atoms with Gasteiger partial charge in [-0.1, -0.05) is 42.5 Å². The first-order valence-electron chi connectivity index (χ1n) is 10.9. The Morgan fingerprint density at radius 2 is 1.47 bits per heavy atom. The summed E-state index contributed by atoms with van der Waals surface area (Å²) in [6.07, 6.45) is 6.27. The number of aryl methyl sites for hydroxylation is 4. The van der Waals surface area contributed by atoms with Crippen LogP contribution in [-0.2, 0) is 25.7 Å². The lowest BCUT2D eigenvalue weighted by Crippen LogP contribution is -2.27. The van der Waals surface area contributed by atoms with Gasteiger partial charge in [-0.25, -0.2) is 4.98 Å². The molecule has 0 fully saturated rings. The third-order valence-electron chi connectivity index (χ3n) is 5.86. The number of hydrogen-bond acceptors (Lipinski definition) is 2. The van der Waals surface area contributed by atoms with E-state index in [0.717, 1.165) is 42.8 Å². The van der Waals surface area contributed by atoms with Crippen molar-refractivity contribution in [3.05, 3.63) is 89.1 Å². The Kier molecular flexibility index (Phi) is 4.62. The standard InChI is InChI=1S/C27H29N3/c1-27(2,3)29-26-25(28-24-6-4-5-17-30(24)26)23-18-21-12-11-19-7-9-20(10-8-19)13-15-22(23)16-14-21/h4-10,14,16-18,29H,11-13,15H2,1-3H3. The molecule has 1 N–H and O–H groups in total. The number of imidazole rings is 1. The minimum Gasteiger partial charge on any atom is -0.365 e. The van der Waals surface area contributed by atoms with Gasteiger partial charge >= 0.3 is 0 Å². The quantitative estimate of drug-likeness (QED) is 0.445. The largest absolute Gasteiger partial charge is 0.365 e. The summed E-state index contributed by atoms with van der Waals surface area (Å²) in [5.74, 6) is 1.08. The fourth-order valence-electron chi connectivity index (χ4n) is 4.32. The maximum Gasteiger partial charge on any atom is 0.139 e. The third-order valence-corrected chi connectivity index (χ3v) is 5.86. The summed E-state index contributed by atoms with van der Waals surface area (Å²) < 4.78 is 2.18. The second-order valence-electron chi connectivity index (χ2n) is 9.42. The van der Waals surface area contributed by atoms with Crippen molar-refractivity contribution in [1.82, 2.24) is 9.38 Å². The van der Waals surface area contributed by atoms with Gasteiger partial charge in [-0.15, -0.1) is 0 Å². The van der Waals surface area contributed by atoms with E-state index >= 15 is 0 Å². The Morgan fingerprint density at radius 3 is 2.20 bits per heavy atom. The molecule has 0 saturated heterocycles. The number of hydrogen-bond donors (Lipinski definition) is 1. The second kappa shape index (κ2) is 7.32. The number of benzene rings is 2. The van der Waals surface area contributed by atoms with Gasteiger partial charge in [0.2, 0.25) is 0 Å². The topological polar surface area (TPSA) is 29.3 Å². The summed E-state index contributed by atoms with van der Waals surface area (Å²) in [4.78, 5) is 5.08. The number of anilines is 1. The van der Waals surface area contributed by atoms with Crippen molar-refractivity contribution in [3.8, 4) is 11.3 Å². The van der Waals surface area contributed by atoms with E-state index in [4.69, 9.17) is 4.98 Å². The summed E-state index contributed by atoms with van der Waals surface area (Å²) in [6, 6.07) is 22.4. The highest BCUT2D eigenvalue weighted by Gasteiger charge is 2.21. The molecular formula is C27H29N3. The van der Waals surface area contributed by atoms with Crippen molar-refractivity contribution < 1.29 is 0 Å². The molecule has 2 aromatic carbocycles. The lowest BCUT2D eigenvalue weighted by atomic mass is 9.92. The fraction of sp³-hybridized carbons (Fsp3) is 0.296. The molecule has 2 aromatic heterocycles. The first-order valence-corrected chi connectivity index (χ1v) is 10.9. The predicted octanol–water partition coefficient (Wildman–Crippen LogP) is 6.10. The fourth-order valence-corrected chi connectivity index (χ4v) is 4.32. The van der Waals surface area contributed by atoms with Gasteiger partial charge in [0, 0.05) is 17.3 Å². The number of aromatic nitrogens is 2. The zero-order valence-electron chi connectivity index (χ0n) is 18.1. The first kappa shape index (κ1) is 18.9. The maximum absolute atomic E-state index is 5.08. The highest BCUT2D eigenvalue weighted by Crippen LogP contribution is 2.34. The lowest BCUT2D eigenvalue weighted by molar-refractivity contribution is 0.629. The molecule has 4 aromatic rings. The molecule has 152 valence electrons. The van der Waals surface area contributed by atoms with E-state index in [1.54, 1.807) is 0 Å². The third kappa shape index (κ3) is 3.72. The molecule has 2 heterocycles. The Hall–Kier alpha value is -3.07. The van der Waals surface area contributed by atoms with Crippen molar-refractivity contribution in [3.63, 3.8) is 0 Å². The van der Waals surface area contributed by atoms with Gasteiger partial charge in [0.15, 0.2) is 0 Å². The first-order chi connectivity index (χ1) is 14.5. The van der Waals surface area contributed by atoms with Gasteiger partial charge < -0.3 is 5.32 Å². The lowest BCUT2D eigenvalue weighted by Gasteiger charge is -2.23. The summed E-state index contributed by atoms with van der Waals surface area (Å²) in [7, 11) is 0. The smallest absolute Gasteiger partial charge is 0.139 e. The Labute approximate surface area is 178 Å². The van der Waals surface area contributed by atoms with Crippen LogP contribution >= 0.6 is 0 Å². The monoisotopic (exact) mass is 395 g/mol.